The first kappa shape index (κ1) is 24.9. The molecule has 1 atom stereocenters. The van der Waals surface area contributed by atoms with E-state index in [-0.39, 0.29) is 24.0 Å². The molecule has 8 heteroatoms. The smallest absolute Gasteiger partial charge is 0.191 e. The molecule has 1 fully saturated rings. The molecule has 0 bridgehead atoms. The third-order valence-electron chi connectivity index (χ3n) is 5.18. The highest BCUT2D eigenvalue weighted by Gasteiger charge is 2.22. The third kappa shape index (κ3) is 7.39. The fourth-order valence-corrected chi connectivity index (χ4v) is 4.38. The first-order valence-corrected chi connectivity index (χ1v) is 11.3. The zero-order valence-electron chi connectivity index (χ0n) is 18.2. The monoisotopic (exact) mass is 543 g/mol. The van der Waals surface area contributed by atoms with Crippen LogP contribution in [0.5, 0.6) is 5.75 Å². The van der Waals surface area contributed by atoms with Crippen LogP contribution in [0, 0.1) is 6.92 Å². The summed E-state index contributed by atoms with van der Waals surface area (Å²) in [6.45, 7) is 8.71. The first-order chi connectivity index (χ1) is 14.2. The Bertz CT molecular complexity index is 774. The van der Waals surface area contributed by atoms with Crippen molar-refractivity contribution < 1.29 is 4.74 Å². The van der Waals surface area contributed by atoms with Gasteiger partial charge >= 0.3 is 0 Å². The van der Waals surface area contributed by atoms with Crippen LogP contribution in [0.3, 0.4) is 0 Å². The molecule has 2 heterocycles. The van der Waals surface area contributed by atoms with Crippen molar-refractivity contribution in [2.75, 3.05) is 33.3 Å². The fourth-order valence-electron chi connectivity index (χ4n) is 3.67. The molecule has 0 spiro atoms. The van der Waals surface area contributed by atoms with Crippen molar-refractivity contribution in [3.05, 3.63) is 45.9 Å². The average Bonchev–Trinajstić information content (AvgIpc) is 3.18. The topological polar surface area (TPSA) is 61.8 Å². The largest absolute Gasteiger partial charge is 0.497 e. The minimum atomic E-state index is 0. The van der Waals surface area contributed by atoms with Gasteiger partial charge in [-0.15, -0.1) is 35.3 Å². The van der Waals surface area contributed by atoms with Gasteiger partial charge in [-0.2, -0.15) is 0 Å². The Kier molecular flexibility index (Phi) is 10.9. The lowest BCUT2D eigenvalue weighted by Crippen LogP contribution is -2.44. The van der Waals surface area contributed by atoms with E-state index in [1.807, 2.05) is 6.20 Å². The minimum Gasteiger partial charge on any atom is -0.497 e. The number of hydrogen-bond acceptors (Lipinski definition) is 5. The lowest BCUT2D eigenvalue weighted by molar-refractivity contribution is 0.164. The highest BCUT2D eigenvalue weighted by Crippen LogP contribution is 2.26. The van der Waals surface area contributed by atoms with Crippen molar-refractivity contribution in [2.24, 2.45) is 4.99 Å². The van der Waals surface area contributed by atoms with E-state index in [1.165, 1.54) is 29.7 Å². The SMILES string of the molecule is CCNC(=NCc1ncc(C)s1)NCC(c1ccc(OC)cc1)N1CCCCC1.I. The molecule has 6 nitrogen and oxygen atoms in total. The molecular weight excluding hydrogens is 509 g/mol. The number of nitrogens with one attached hydrogen (secondary N) is 2. The van der Waals surface area contributed by atoms with E-state index >= 15 is 0 Å². The number of rotatable bonds is 8. The molecule has 1 aromatic carbocycles. The Morgan fingerprint density at radius 1 is 1.20 bits per heavy atom. The van der Waals surface area contributed by atoms with Gasteiger partial charge in [-0.1, -0.05) is 18.6 Å². The zero-order chi connectivity index (χ0) is 20.5. The number of nitrogens with zero attached hydrogens (tertiary/aromatic N) is 3. The van der Waals surface area contributed by atoms with E-state index in [0.29, 0.717) is 12.6 Å². The second kappa shape index (κ2) is 13.1. The van der Waals surface area contributed by atoms with E-state index in [2.05, 4.69) is 58.6 Å². The van der Waals surface area contributed by atoms with Crippen molar-refractivity contribution >= 4 is 41.3 Å². The standard InChI is InChI=1S/C22H33N5OS.HI/c1-4-23-22(26-16-21-24-14-17(2)29-21)25-15-20(27-12-6-5-7-13-27)18-8-10-19(28-3)11-9-18;/h8-11,14,20H,4-7,12-13,15-16H2,1-3H3,(H2,23,25,26);1H. The van der Waals surface area contributed by atoms with Crippen molar-refractivity contribution in [3.63, 3.8) is 0 Å². The lowest BCUT2D eigenvalue weighted by Gasteiger charge is -2.35. The Labute approximate surface area is 201 Å². The summed E-state index contributed by atoms with van der Waals surface area (Å²) in [6.07, 6.45) is 5.77. The van der Waals surface area contributed by atoms with Gasteiger partial charge in [0, 0.05) is 24.2 Å². The van der Waals surface area contributed by atoms with Gasteiger partial charge in [0.25, 0.3) is 0 Å². The fraction of sp³-hybridized carbons (Fsp3) is 0.545. The maximum absolute atomic E-state index is 5.34. The van der Waals surface area contributed by atoms with Gasteiger partial charge < -0.3 is 15.4 Å². The average molecular weight is 544 g/mol. The first-order valence-electron chi connectivity index (χ1n) is 10.5. The minimum absolute atomic E-state index is 0. The number of guanidine groups is 1. The maximum Gasteiger partial charge on any atom is 0.191 e. The molecule has 1 unspecified atom stereocenters. The number of benzene rings is 1. The molecule has 166 valence electrons. The molecule has 0 saturated carbocycles. The molecular formula is C22H34IN5OS. The normalized spacial score (nSPS) is 15.9. The van der Waals surface area contributed by atoms with E-state index < -0.39 is 0 Å². The summed E-state index contributed by atoms with van der Waals surface area (Å²) in [6, 6.07) is 8.78. The number of hydrogen-bond donors (Lipinski definition) is 2. The van der Waals surface area contributed by atoms with Gasteiger partial charge in [-0.25, -0.2) is 9.98 Å². The number of methoxy groups -OCH3 is 1. The van der Waals surface area contributed by atoms with Crippen LogP contribution in [-0.2, 0) is 6.54 Å². The van der Waals surface area contributed by atoms with Crippen LogP contribution >= 0.6 is 35.3 Å². The molecule has 1 aliphatic rings. The second-order valence-corrected chi connectivity index (χ2v) is 8.65. The van der Waals surface area contributed by atoms with Crippen LogP contribution < -0.4 is 15.4 Å². The number of halogens is 1. The summed E-state index contributed by atoms with van der Waals surface area (Å²) in [5, 5.41) is 7.97. The summed E-state index contributed by atoms with van der Waals surface area (Å²) in [7, 11) is 1.71. The molecule has 30 heavy (non-hydrogen) atoms. The molecule has 1 aromatic heterocycles. The van der Waals surface area contributed by atoms with Gasteiger partial charge in [0.1, 0.15) is 10.8 Å². The molecule has 2 N–H and O–H groups in total. The van der Waals surface area contributed by atoms with Gasteiger partial charge in [0.15, 0.2) is 5.96 Å². The molecule has 0 amide bonds. The van der Waals surface area contributed by atoms with Gasteiger partial charge in [-0.3, -0.25) is 4.90 Å². The van der Waals surface area contributed by atoms with E-state index in [1.54, 1.807) is 18.4 Å². The van der Waals surface area contributed by atoms with Gasteiger partial charge in [-0.05, 0) is 57.5 Å². The van der Waals surface area contributed by atoms with Crippen LogP contribution in [0.4, 0.5) is 0 Å². The molecule has 2 aromatic rings. The predicted molar refractivity (Wildman–Crippen MR) is 136 cm³/mol. The number of aliphatic imine (C=N–C) groups is 1. The maximum atomic E-state index is 5.34. The predicted octanol–water partition coefficient (Wildman–Crippen LogP) is 4.36. The van der Waals surface area contributed by atoms with E-state index in [9.17, 15) is 0 Å². The molecule has 0 radical (unpaired) electrons. The molecule has 0 aliphatic carbocycles. The number of piperidine rings is 1. The Balaban J connectivity index is 0.00000320. The highest BCUT2D eigenvalue weighted by molar-refractivity contribution is 14.0. The summed E-state index contributed by atoms with van der Waals surface area (Å²) < 4.78 is 5.34. The number of thiazole rings is 1. The van der Waals surface area contributed by atoms with Crippen molar-refractivity contribution in [1.82, 2.24) is 20.5 Å². The number of ether oxygens (including phenoxy) is 1. The Hall–Kier alpha value is -1.39. The Morgan fingerprint density at radius 3 is 2.53 bits per heavy atom. The van der Waals surface area contributed by atoms with Crippen LogP contribution in [0.15, 0.2) is 35.5 Å². The zero-order valence-corrected chi connectivity index (χ0v) is 21.3. The van der Waals surface area contributed by atoms with Crippen molar-refractivity contribution in [2.45, 2.75) is 45.7 Å². The molecule has 1 saturated heterocycles. The van der Waals surface area contributed by atoms with E-state index in [0.717, 1.165) is 42.9 Å². The third-order valence-corrected chi connectivity index (χ3v) is 6.08. The van der Waals surface area contributed by atoms with Crippen LogP contribution in [0.25, 0.3) is 0 Å². The van der Waals surface area contributed by atoms with E-state index in [4.69, 9.17) is 9.73 Å². The highest BCUT2D eigenvalue weighted by atomic mass is 127. The number of aromatic nitrogens is 1. The van der Waals surface area contributed by atoms with Gasteiger partial charge in [0.05, 0.1) is 19.7 Å². The summed E-state index contributed by atoms with van der Waals surface area (Å²) in [4.78, 5) is 13.0. The van der Waals surface area contributed by atoms with Crippen LogP contribution in [0.2, 0.25) is 0 Å². The lowest BCUT2D eigenvalue weighted by atomic mass is 10.0. The van der Waals surface area contributed by atoms with Crippen molar-refractivity contribution in [1.29, 1.82) is 0 Å². The number of likely N-dealkylation sites (tertiary alicyclic amines) is 1. The number of aryl methyl sites for hydroxylation is 1. The quantitative estimate of drug-likeness (QED) is 0.295. The van der Waals surface area contributed by atoms with Crippen molar-refractivity contribution in [3.8, 4) is 5.75 Å². The van der Waals surface area contributed by atoms with Gasteiger partial charge in [0.2, 0.25) is 0 Å². The summed E-state index contributed by atoms with van der Waals surface area (Å²) in [5.74, 6) is 1.74. The van der Waals surface area contributed by atoms with Crippen LogP contribution in [-0.4, -0.2) is 49.1 Å². The Morgan fingerprint density at radius 2 is 1.93 bits per heavy atom. The molecule has 3 rings (SSSR count). The van der Waals surface area contributed by atoms with Crippen LogP contribution in [0.1, 0.15) is 47.7 Å². The summed E-state index contributed by atoms with van der Waals surface area (Å²) >= 11 is 1.70. The molecule has 1 aliphatic heterocycles. The summed E-state index contributed by atoms with van der Waals surface area (Å²) in [5.41, 5.74) is 1.31. The second-order valence-electron chi connectivity index (χ2n) is 7.33.